The minimum Gasteiger partial charge on any atom is -0.421 e. The lowest BCUT2D eigenvalue weighted by Crippen LogP contribution is -2.49. The maximum absolute atomic E-state index is 12.7. The van der Waals surface area contributed by atoms with Gasteiger partial charge in [-0.15, -0.1) is 10.2 Å². The summed E-state index contributed by atoms with van der Waals surface area (Å²) in [5.41, 5.74) is 1.96. The van der Waals surface area contributed by atoms with Crippen LogP contribution in [0.2, 0.25) is 0 Å². The summed E-state index contributed by atoms with van der Waals surface area (Å²) in [4.78, 5) is 2.25. The maximum Gasteiger partial charge on any atom is 0.247 e. The first-order chi connectivity index (χ1) is 14.6. The molecule has 1 saturated heterocycles. The molecule has 0 N–H and O–H groups in total. The molecule has 2 aromatic carbocycles. The van der Waals surface area contributed by atoms with Crippen LogP contribution in [0.4, 0.5) is 0 Å². The summed E-state index contributed by atoms with van der Waals surface area (Å²) >= 11 is 0. The van der Waals surface area contributed by atoms with Crippen molar-refractivity contribution in [1.82, 2.24) is 19.4 Å². The van der Waals surface area contributed by atoms with Crippen molar-refractivity contribution in [3.05, 3.63) is 72.1 Å². The third-order valence-electron chi connectivity index (χ3n) is 5.35. The van der Waals surface area contributed by atoms with Gasteiger partial charge in [0.2, 0.25) is 21.8 Å². The number of aromatic nitrogens is 2. The molecule has 0 spiro atoms. The van der Waals surface area contributed by atoms with Gasteiger partial charge in [-0.05, 0) is 24.1 Å². The number of nitrogens with zero attached hydrogens (tertiary/aromatic N) is 4. The predicted molar refractivity (Wildman–Crippen MR) is 115 cm³/mol. The standard InChI is InChI=1S/C22H26N4O3S/c27-30(28,18-12-19-7-3-1-4-8-19)26-16-14-25(15-17-26)13-11-21-23-24-22(29-21)20-9-5-2-6-10-20/h1-10H,11-18H2. The number of aryl methyl sites for hydroxylation is 1. The molecule has 8 heteroatoms. The molecule has 1 aliphatic rings. The van der Waals surface area contributed by atoms with Crippen LogP contribution in [0.15, 0.2) is 65.1 Å². The Labute approximate surface area is 177 Å². The van der Waals surface area contributed by atoms with Crippen LogP contribution < -0.4 is 0 Å². The van der Waals surface area contributed by atoms with Gasteiger partial charge in [-0.1, -0.05) is 48.5 Å². The molecule has 0 bridgehead atoms. The fraction of sp³-hybridized carbons (Fsp3) is 0.364. The molecule has 158 valence electrons. The molecule has 0 unspecified atom stereocenters. The molecule has 7 nitrogen and oxygen atoms in total. The summed E-state index contributed by atoms with van der Waals surface area (Å²) < 4.78 is 32.7. The molecule has 0 saturated carbocycles. The van der Waals surface area contributed by atoms with Crippen molar-refractivity contribution in [2.75, 3.05) is 38.5 Å². The van der Waals surface area contributed by atoms with Crippen LogP contribution in [-0.4, -0.2) is 66.3 Å². The fourth-order valence-corrected chi connectivity index (χ4v) is 5.03. The number of sulfonamides is 1. The predicted octanol–water partition coefficient (Wildman–Crippen LogP) is 2.47. The average molecular weight is 427 g/mol. The molecular weight excluding hydrogens is 400 g/mol. The number of piperazine rings is 1. The van der Waals surface area contributed by atoms with E-state index in [4.69, 9.17) is 4.42 Å². The highest BCUT2D eigenvalue weighted by Gasteiger charge is 2.26. The van der Waals surface area contributed by atoms with Crippen LogP contribution >= 0.6 is 0 Å². The largest absolute Gasteiger partial charge is 0.421 e. The Morgan fingerprint density at radius 3 is 2.20 bits per heavy atom. The van der Waals surface area contributed by atoms with E-state index in [-0.39, 0.29) is 5.75 Å². The van der Waals surface area contributed by atoms with Gasteiger partial charge < -0.3 is 9.32 Å². The van der Waals surface area contributed by atoms with Gasteiger partial charge in [-0.2, -0.15) is 4.31 Å². The van der Waals surface area contributed by atoms with E-state index in [1.54, 1.807) is 4.31 Å². The lowest BCUT2D eigenvalue weighted by atomic mass is 10.2. The Balaban J connectivity index is 1.23. The Morgan fingerprint density at radius 2 is 1.50 bits per heavy atom. The number of benzene rings is 2. The van der Waals surface area contributed by atoms with E-state index in [1.807, 2.05) is 60.7 Å². The van der Waals surface area contributed by atoms with Crippen LogP contribution in [0, 0.1) is 0 Å². The molecular formula is C22H26N4O3S. The Morgan fingerprint density at radius 1 is 0.833 bits per heavy atom. The van der Waals surface area contributed by atoms with Crippen LogP contribution in [0.3, 0.4) is 0 Å². The Bertz CT molecular complexity index is 1030. The lowest BCUT2D eigenvalue weighted by molar-refractivity contribution is 0.187. The second kappa shape index (κ2) is 9.51. The van der Waals surface area contributed by atoms with Crippen LogP contribution in [0.5, 0.6) is 0 Å². The number of rotatable bonds is 8. The van der Waals surface area contributed by atoms with Crippen molar-refractivity contribution in [3.8, 4) is 11.5 Å². The highest BCUT2D eigenvalue weighted by Crippen LogP contribution is 2.17. The Hall–Kier alpha value is -2.55. The van der Waals surface area contributed by atoms with E-state index in [1.165, 1.54) is 0 Å². The molecule has 1 aromatic heterocycles. The zero-order valence-electron chi connectivity index (χ0n) is 16.9. The van der Waals surface area contributed by atoms with Crippen molar-refractivity contribution in [3.63, 3.8) is 0 Å². The summed E-state index contributed by atoms with van der Waals surface area (Å²) in [6, 6.07) is 19.4. The SMILES string of the molecule is O=S(=O)(CCc1ccccc1)N1CCN(CCc2nnc(-c3ccccc3)o2)CC1. The molecule has 0 atom stereocenters. The summed E-state index contributed by atoms with van der Waals surface area (Å²) in [6.07, 6.45) is 1.20. The molecule has 0 radical (unpaired) electrons. The van der Waals surface area contributed by atoms with E-state index in [0.29, 0.717) is 50.8 Å². The van der Waals surface area contributed by atoms with Crippen LogP contribution in [-0.2, 0) is 22.9 Å². The van der Waals surface area contributed by atoms with Crippen molar-refractivity contribution < 1.29 is 12.8 Å². The molecule has 3 aromatic rings. The first-order valence-corrected chi connectivity index (χ1v) is 11.8. The maximum atomic E-state index is 12.7. The highest BCUT2D eigenvalue weighted by molar-refractivity contribution is 7.89. The monoisotopic (exact) mass is 426 g/mol. The average Bonchev–Trinajstić information content (AvgIpc) is 3.27. The number of hydrogen-bond acceptors (Lipinski definition) is 6. The second-order valence-electron chi connectivity index (χ2n) is 7.41. The topological polar surface area (TPSA) is 79.5 Å². The zero-order chi connectivity index (χ0) is 20.8. The van der Waals surface area contributed by atoms with E-state index < -0.39 is 10.0 Å². The van der Waals surface area contributed by atoms with Gasteiger partial charge in [-0.25, -0.2) is 8.42 Å². The molecule has 0 amide bonds. The summed E-state index contributed by atoms with van der Waals surface area (Å²) in [5.74, 6) is 1.29. The first kappa shape index (κ1) is 20.7. The van der Waals surface area contributed by atoms with Crippen LogP contribution in [0.1, 0.15) is 11.5 Å². The van der Waals surface area contributed by atoms with Gasteiger partial charge >= 0.3 is 0 Å². The smallest absolute Gasteiger partial charge is 0.247 e. The third-order valence-corrected chi connectivity index (χ3v) is 7.22. The number of hydrogen-bond donors (Lipinski definition) is 0. The molecule has 4 rings (SSSR count). The van der Waals surface area contributed by atoms with Crippen molar-refractivity contribution >= 4 is 10.0 Å². The van der Waals surface area contributed by atoms with Gasteiger partial charge in [0, 0.05) is 44.7 Å². The van der Waals surface area contributed by atoms with E-state index >= 15 is 0 Å². The Kier molecular flexibility index (Phi) is 6.56. The highest BCUT2D eigenvalue weighted by atomic mass is 32.2. The summed E-state index contributed by atoms with van der Waals surface area (Å²) in [6.45, 7) is 3.25. The minimum atomic E-state index is -3.23. The van der Waals surface area contributed by atoms with Gasteiger partial charge in [-0.3, -0.25) is 0 Å². The van der Waals surface area contributed by atoms with Gasteiger partial charge in [0.1, 0.15) is 0 Å². The minimum absolute atomic E-state index is 0.154. The first-order valence-electron chi connectivity index (χ1n) is 10.2. The van der Waals surface area contributed by atoms with Crippen LogP contribution in [0.25, 0.3) is 11.5 Å². The quantitative estimate of drug-likeness (QED) is 0.551. The molecule has 30 heavy (non-hydrogen) atoms. The lowest BCUT2D eigenvalue weighted by Gasteiger charge is -2.33. The zero-order valence-corrected chi connectivity index (χ0v) is 17.7. The van der Waals surface area contributed by atoms with Gasteiger partial charge in [0.25, 0.3) is 0 Å². The normalized spacial score (nSPS) is 16.0. The fourth-order valence-electron chi connectivity index (χ4n) is 3.56. The van der Waals surface area contributed by atoms with Gasteiger partial charge in [0.05, 0.1) is 5.75 Å². The van der Waals surface area contributed by atoms with E-state index in [9.17, 15) is 8.42 Å². The van der Waals surface area contributed by atoms with E-state index in [0.717, 1.165) is 17.7 Å². The molecule has 0 aliphatic carbocycles. The van der Waals surface area contributed by atoms with Crippen molar-refractivity contribution in [2.24, 2.45) is 0 Å². The van der Waals surface area contributed by atoms with Crippen molar-refractivity contribution in [1.29, 1.82) is 0 Å². The molecule has 1 aliphatic heterocycles. The molecule has 1 fully saturated rings. The summed E-state index contributed by atoms with van der Waals surface area (Å²) in [7, 11) is -3.23. The van der Waals surface area contributed by atoms with Gasteiger partial charge in [0.15, 0.2) is 0 Å². The molecule has 2 heterocycles. The second-order valence-corrected chi connectivity index (χ2v) is 9.50. The van der Waals surface area contributed by atoms with E-state index in [2.05, 4.69) is 15.1 Å². The third kappa shape index (κ3) is 5.33. The summed E-state index contributed by atoms with van der Waals surface area (Å²) in [5, 5.41) is 8.25. The van der Waals surface area contributed by atoms with Crippen molar-refractivity contribution in [2.45, 2.75) is 12.8 Å².